The number of carbonyl (C=O) groups is 1. The van der Waals surface area contributed by atoms with E-state index < -0.39 is 5.91 Å². The lowest BCUT2D eigenvalue weighted by Crippen LogP contribution is -2.18. The largest absolute Gasteiger partial charge is 0.397 e. The highest BCUT2D eigenvalue weighted by molar-refractivity contribution is 5.98. The van der Waals surface area contributed by atoms with Gasteiger partial charge in [-0.3, -0.25) is 4.79 Å². The maximum Gasteiger partial charge on any atom is 0.252 e. The van der Waals surface area contributed by atoms with Crippen LogP contribution in [0.1, 0.15) is 10.4 Å². The van der Waals surface area contributed by atoms with Crippen molar-refractivity contribution in [2.75, 3.05) is 37.4 Å². The van der Waals surface area contributed by atoms with Crippen LogP contribution in [0.3, 0.4) is 0 Å². The number of aliphatic hydroxyl groups excluding tert-OH is 1. The zero-order valence-corrected chi connectivity index (χ0v) is 9.35. The maximum absolute atomic E-state index is 11.1. The minimum absolute atomic E-state index is 0.0212. The van der Waals surface area contributed by atoms with Gasteiger partial charge in [0.1, 0.15) is 5.82 Å². The van der Waals surface area contributed by atoms with Gasteiger partial charge in [0, 0.05) is 6.54 Å². The van der Waals surface area contributed by atoms with Gasteiger partial charge in [-0.15, -0.1) is 0 Å². The SMILES string of the molecule is NC(=O)c1cc(N)cnc1NCCOCCO. The summed E-state index contributed by atoms with van der Waals surface area (Å²) < 4.78 is 5.05. The molecule has 0 aromatic carbocycles. The quantitative estimate of drug-likeness (QED) is 0.462. The highest BCUT2D eigenvalue weighted by Gasteiger charge is 2.09. The molecule has 0 bridgehead atoms. The number of ether oxygens (including phenoxy) is 1. The van der Waals surface area contributed by atoms with Gasteiger partial charge < -0.3 is 26.6 Å². The van der Waals surface area contributed by atoms with Crippen LogP contribution in [-0.4, -0.2) is 42.4 Å². The summed E-state index contributed by atoms with van der Waals surface area (Å²) in [6, 6.07) is 1.46. The minimum Gasteiger partial charge on any atom is -0.397 e. The number of hydrogen-bond donors (Lipinski definition) is 4. The second-order valence-corrected chi connectivity index (χ2v) is 3.29. The predicted octanol–water partition coefficient (Wildman–Crippen LogP) is -0.817. The Balaban J connectivity index is 2.55. The number of amides is 1. The Hall–Kier alpha value is -1.86. The number of nitrogens with zero attached hydrogens (tertiary/aromatic N) is 1. The van der Waals surface area contributed by atoms with Crippen molar-refractivity contribution in [1.82, 2.24) is 4.98 Å². The number of nitrogen functional groups attached to an aromatic ring is 1. The first-order valence-electron chi connectivity index (χ1n) is 5.13. The average molecular weight is 240 g/mol. The first-order valence-corrected chi connectivity index (χ1v) is 5.13. The van der Waals surface area contributed by atoms with Crippen LogP contribution in [0.5, 0.6) is 0 Å². The molecule has 1 rings (SSSR count). The fourth-order valence-corrected chi connectivity index (χ4v) is 1.22. The van der Waals surface area contributed by atoms with Crippen LogP contribution in [0.15, 0.2) is 12.3 Å². The Kier molecular flexibility index (Phi) is 5.18. The van der Waals surface area contributed by atoms with Crippen LogP contribution >= 0.6 is 0 Å². The summed E-state index contributed by atoms with van der Waals surface area (Å²) in [4.78, 5) is 15.1. The van der Waals surface area contributed by atoms with E-state index in [1.54, 1.807) is 0 Å². The molecule has 0 saturated carbocycles. The Bertz CT molecular complexity index is 384. The highest BCUT2D eigenvalue weighted by atomic mass is 16.5. The fourth-order valence-electron chi connectivity index (χ4n) is 1.22. The number of aromatic nitrogens is 1. The summed E-state index contributed by atoms with van der Waals surface area (Å²) in [5.41, 5.74) is 11.3. The number of anilines is 2. The molecule has 6 N–H and O–H groups in total. The average Bonchev–Trinajstić information content (AvgIpc) is 2.30. The third-order valence-electron chi connectivity index (χ3n) is 1.95. The van der Waals surface area contributed by atoms with E-state index in [1.807, 2.05) is 0 Å². The number of nitrogens with one attached hydrogen (secondary N) is 1. The molecule has 0 atom stereocenters. The molecule has 94 valence electrons. The molecule has 1 aromatic heterocycles. The van der Waals surface area contributed by atoms with Crippen molar-refractivity contribution in [3.05, 3.63) is 17.8 Å². The molecule has 0 aliphatic rings. The fraction of sp³-hybridized carbons (Fsp3) is 0.400. The molecule has 0 spiro atoms. The van der Waals surface area contributed by atoms with Gasteiger partial charge >= 0.3 is 0 Å². The van der Waals surface area contributed by atoms with Gasteiger partial charge in [0.15, 0.2) is 0 Å². The lowest BCUT2D eigenvalue weighted by molar-refractivity contribution is 0.0988. The molecule has 0 aliphatic heterocycles. The molecule has 0 fully saturated rings. The third kappa shape index (κ3) is 4.25. The smallest absolute Gasteiger partial charge is 0.252 e. The summed E-state index contributed by atoms with van der Waals surface area (Å²) in [7, 11) is 0. The van der Waals surface area contributed by atoms with E-state index in [9.17, 15) is 4.79 Å². The maximum atomic E-state index is 11.1. The molecular formula is C10H16N4O3. The standard InChI is InChI=1S/C10H16N4O3/c11-7-5-8(9(12)16)10(14-6-7)13-1-3-17-4-2-15/h5-6,15H,1-4,11H2,(H2,12,16)(H,13,14). The molecule has 7 nitrogen and oxygen atoms in total. The van der Waals surface area contributed by atoms with Crippen LogP contribution in [0.2, 0.25) is 0 Å². The van der Waals surface area contributed by atoms with Crippen LogP contribution in [0.4, 0.5) is 11.5 Å². The van der Waals surface area contributed by atoms with Gasteiger partial charge in [-0.1, -0.05) is 0 Å². The van der Waals surface area contributed by atoms with Gasteiger partial charge in [-0.2, -0.15) is 0 Å². The zero-order valence-electron chi connectivity index (χ0n) is 9.35. The van der Waals surface area contributed by atoms with E-state index in [4.69, 9.17) is 21.3 Å². The number of hydrogen-bond acceptors (Lipinski definition) is 6. The van der Waals surface area contributed by atoms with Crippen molar-refractivity contribution in [3.8, 4) is 0 Å². The van der Waals surface area contributed by atoms with Gasteiger partial charge in [0.25, 0.3) is 5.91 Å². The molecule has 0 saturated heterocycles. The number of carbonyl (C=O) groups excluding carboxylic acids is 1. The Labute approximate surface area is 98.8 Å². The Morgan fingerprint density at radius 2 is 2.29 bits per heavy atom. The summed E-state index contributed by atoms with van der Waals surface area (Å²) in [5.74, 6) is -0.220. The number of pyridine rings is 1. The van der Waals surface area contributed by atoms with Crippen molar-refractivity contribution >= 4 is 17.4 Å². The number of primary amides is 1. The monoisotopic (exact) mass is 240 g/mol. The van der Waals surface area contributed by atoms with Gasteiger partial charge in [-0.25, -0.2) is 4.98 Å². The van der Waals surface area contributed by atoms with Crippen molar-refractivity contribution in [2.24, 2.45) is 5.73 Å². The third-order valence-corrected chi connectivity index (χ3v) is 1.95. The molecule has 7 heteroatoms. The summed E-state index contributed by atoms with van der Waals surface area (Å²) in [6.45, 7) is 1.11. The first kappa shape index (κ1) is 13.2. The molecule has 0 radical (unpaired) electrons. The van der Waals surface area contributed by atoms with Crippen molar-refractivity contribution < 1.29 is 14.6 Å². The van der Waals surface area contributed by atoms with E-state index in [2.05, 4.69) is 10.3 Å². The summed E-state index contributed by atoms with van der Waals surface area (Å²) in [5, 5.41) is 11.4. The van der Waals surface area contributed by atoms with Crippen molar-refractivity contribution in [2.45, 2.75) is 0 Å². The first-order chi connectivity index (χ1) is 8.15. The minimum atomic E-state index is -0.594. The van der Waals surface area contributed by atoms with E-state index in [-0.39, 0.29) is 18.8 Å². The Morgan fingerprint density at radius 3 is 2.94 bits per heavy atom. The zero-order chi connectivity index (χ0) is 12.7. The van der Waals surface area contributed by atoms with E-state index >= 15 is 0 Å². The molecule has 0 unspecified atom stereocenters. The van der Waals surface area contributed by atoms with Crippen LogP contribution in [-0.2, 0) is 4.74 Å². The number of aliphatic hydroxyl groups is 1. The predicted molar refractivity (Wildman–Crippen MR) is 63.6 cm³/mol. The normalized spacial score (nSPS) is 10.2. The van der Waals surface area contributed by atoms with Gasteiger partial charge in [0.2, 0.25) is 0 Å². The van der Waals surface area contributed by atoms with Gasteiger partial charge in [-0.05, 0) is 6.07 Å². The topological polar surface area (TPSA) is 123 Å². The van der Waals surface area contributed by atoms with E-state index in [0.717, 1.165) is 0 Å². The second kappa shape index (κ2) is 6.66. The van der Waals surface area contributed by atoms with Crippen molar-refractivity contribution in [1.29, 1.82) is 0 Å². The van der Waals surface area contributed by atoms with Crippen LogP contribution < -0.4 is 16.8 Å². The van der Waals surface area contributed by atoms with Crippen molar-refractivity contribution in [3.63, 3.8) is 0 Å². The number of rotatable bonds is 7. The Morgan fingerprint density at radius 1 is 1.53 bits per heavy atom. The second-order valence-electron chi connectivity index (χ2n) is 3.29. The summed E-state index contributed by atoms with van der Waals surface area (Å²) in [6.07, 6.45) is 1.43. The van der Waals surface area contributed by atoms with E-state index in [0.29, 0.717) is 24.7 Å². The van der Waals surface area contributed by atoms with Crippen LogP contribution in [0.25, 0.3) is 0 Å². The van der Waals surface area contributed by atoms with Crippen LogP contribution in [0, 0.1) is 0 Å². The molecule has 1 amide bonds. The molecule has 1 heterocycles. The highest BCUT2D eigenvalue weighted by Crippen LogP contribution is 2.14. The molecule has 0 aliphatic carbocycles. The molecule has 1 aromatic rings. The number of nitrogens with two attached hydrogens (primary N) is 2. The van der Waals surface area contributed by atoms with E-state index in [1.165, 1.54) is 12.3 Å². The lowest BCUT2D eigenvalue weighted by Gasteiger charge is -2.09. The molecule has 17 heavy (non-hydrogen) atoms. The lowest BCUT2D eigenvalue weighted by atomic mass is 10.2. The summed E-state index contributed by atoms with van der Waals surface area (Å²) >= 11 is 0. The molecular weight excluding hydrogens is 224 g/mol. The van der Waals surface area contributed by atoms with Gasteiger partial charge in [0.05, 0.1) is 37.3 Å².